The van der Waals surface area contributed by atoms with Crippen LogP contribution in [-0.4, -0.2) is 11.5 Å². The van der Waals surface area contributed by atoms with Crippen molar-refractivity contribution in [3.63, 3.8) is 0 Å². The molecule has 0 fully saturated rings. The van der Waals surface area contributed by atoms with E-state index < -0.39 is 12.6 Å². The van der Waals surface area contributed by atoms with Crippen molar-refractivity contribution >= 4 is 15.9 Å². The second-order valence-corrected chi connectivity index (χ2v) is 3.97. The van der Waals surface area contributed by atoms with Crippen molar-refractivity contribution in [2.45, 2.75) is 32.9 Å². The van der Waals surface area contributed by atoms with Crippen molar-refractivity contribution in [1.82, 2.24) is 0 Å². The largest absolute Gasteiger partial charge is 0.389 e. The summed E-state index contributed by atoms with van der Waals surface area (Å²) < 4.78 is 35.1. The fraction of sp³-hybridized carbons (Fsp3) is 1.00. The van der Waals surface area contributed by atoms with Gasteiger partial charge in [0.1, 0.15) is 0 Å². The molecule has 0 rings (SSSR count). The monoisotopic (exact) mass is 232 g/mol. The van der Waals surface area contributed by atoms with Gasteiger partial charge in [0.05, 0.1) is 0 Å². The predicted octanol–water partition coefficient (Wildman–Crippen LogP) is 3.75. The fourth-order valence-electron chi connectivity index (χ4n) is 0.547. The average Bonchev–Trinajstić information content (AvgIpc) is 1.83. The topological polar surface area (TPSA) is 0 Å². The molecule has 0 saturated carbocycles. The van der Waals surface area contributed by atoms with Gasteiger partial charge in [-0.25, -0.2) is 0 Å². The third kappa shape index (κ3) is 6.66. The van der Waals surface area contributed by atoms with Crippen LogP contribution < -0.4 is 0 Å². The maximum Gasteiger partial charge on any atom is 0.389 e. The fourth-order valence-corrected chi connectivity index (χ4v) is 0.827. The summed E-state index contributed by atoms with van der Waals surface area (Å²) in [5.41, 5.74) is -0.254. The van der Waals surface area contributed by atoms with Crippen LogP contribution in [0.1, 0.15) is 26.7 Å². The van der Waals surface area contributed by atoms with Gasteiger partial charge in [0, 0.05) is 11.8 Å². The lowest BCUT2D eigenvalue weighted by Crippen LogP contribution is -2.18. The van der Waals surface area contributed by atoms with Gasteiger partial charge in [-0.3, -0.25) is 0 Å². The van der Waals surface area contributed by atoms with E-state index in [4.69, 9.17) is 0 Å². The van der Waals surface area contributed by atoms with Crippen LogP contribution in [0.2, 0.25) is 0 Å². The van der Waals surface area contributed by atoms with E-state index in [0.717, 1.165) is 0 Å². The molecule has 0 radical (unpaired) electrons. The van der Waals surface area contributed by atoms with Crippen LogP contribution in [-0.2, 0) is 0 Å². The standard InChI is InChI=1S/C7H12BrF3/c1-6(2,5-8)3-4-7(9,10)11/h3-5H2,1-2H3. The first-order valence-electron chi connectivity index (χ1n) is 3.39. The highest BCUT2D eigenvalue weighted by Crippen LogP contribution is 2.31. The summed E-state index contributed by atoms with van der Waals surface area (Å²) in [6.45, 7) is 3.63. The Morgan fingerprint density at radius 2 is 1.55 bits per heavy atom. The van der Waals surface area contributed by atoms with Crippen LogP contribution in [0.25, 0.3) is 0 Å². The first-order chi connectivity index (χ1) is 4.77. The SMILES string of the molecule is CC(C)(CBr)CCC(F)(F)F. The van der Waals surface area contributed by atoms with Crippen molar-refractivity contribution < 1.29 is 13.2 Å². The van der Waals surface area contributed by atoms with Crippen molar-refractivity contribution in [2.75, 3.05) is 5.33 Å². The van der Waals surface area contributed by atoms with E-state index in [0.29, 0.717) is 5.33 Å². The highest BCUT2D eigenvalue weighted by atomic mass is 79.9. The highest BCUT2D eigenvalue weighted by molar-refractivity contribution is 9.09. The van der Waals surface area contributed by atoms with Crippen molar-refractivity contribution in [2.24, 2.45) is 5.41 Å². The van der Waals surface area contributed by atoms with Gasteiger partial charge in [0.15, 0.2) is 0 Å². The molecule has 0 spiro atoms. The van der Waals surface area contributed by atoms with Gasteiger partial charge in [-0.2, -0.15) is 13.2 Å². The zero-order chi connectivity index (χ0) is 9.12. The van der Waals surface area contributed by atoms with Crippen LogP contribution in [0.3, 0.4) is 0 Å². The molecule has 0 aromatic heterocycles. The molecule has 0 aliphatic heterocycles. The minimum Gasteiger partial charge on any atom is -0.171 e. The number of rotatable bonds is 3. The van der Waals surface area contributed by atoms with Crippen LogP contribution in [0.5, 0.6) is 0 Å². The van der Waals surface area contributed by atoms with Gasteiger partial charge in [-0.05, 0) is 11.8 Å². The maximum absolute atomic E-state index is 11.7. The molecule has 0 bridgehead atoms. The molecule has 0 aromatic rings. The summed E-state index contributed by atoms with van der Waals surface area (Å²) in [4.78, 5) is 0. The minimum atomic E-state index is -4.01. The van der Waals surface area contributed by atoms with Crippen LogP contribution in [0.4, 0.5) is 13.2 Å². The number of hydrogen-bond donors (Lipinski definition) is 0. The summed E-state index contributed by atoms with van der Waals surface area (Å²) in [6.07, 6.45) is -4.52. The van der Waals surface area contributed by atoms with Gasteiger partial charge in [-0.15, -0.1) is 0 Å². The summed E-state index contributed by atoms with van der Waals surface area (Å²) in [5.74, 6) is 0. The van der Waals surface area contributed by atoms with E-state index in [-0.39, 0.29) is 11.8 Å². The van der Waals surface area contributed by atoms with Crippen molar-refractivity contribution in [3.05, 3.63) is 0 Å². The quantitative estimate of drug-likeness (QED) is 0.651. The number of hydrogen-bond acceptors (Lipinski definition) is 0. The van der Waals surface area contributed by atoms with Crippen molar-refractivity contribution in [1.29, 1.82) is 0 Å². The molecule has 0 heterocycles. The van der Waals surface area contributed by atoms with Gasteiger partial charge >= 0.3 is 6.18 Å². The molecule has 4 heteroatoms. The highest BCUT2D eigenvalue weighted by Gasteiger charge is 2.30. The average molecular weight is 233 g/mol. The molecule has 0 N–H and O–H groups in total. The lowest BCUT2D eigenvalue weighted by atomic mass is 9.90. The lowest BCUT2D eigenvalue weighted by molar-refractivity contribution is -0.139. The Kier molecular flexibility index (Phi) is 3.88. The predicted molar refractivity (Wildman–Crippen MR) is 42.9 cm³/mol. The molecule has 0 amide bonds. The Balaban J connectivity index is 3.70. The Labute approximate surface area is 73.3 Å². The Bertz CT molecular complexity index is 117. The Morgan fingerprint density at radius 1 is 1.09 bits per heavy atom. The summed E-state index contributed by atoms with van der Waals surface area (Å²) in [7, 11) is 0. The smallest absolute Gasteiger partial charge is 0.171 e. The first-order valence-corrected chi connectivity index (χ1v) is 4.52. The number of halogens is 4. The van der Waals surface area contributed by atoms with E-state index in [2.05, 4.69) is 15.9 Å². The first kappa shape index (κ1) is 11.3. The molecule has 0 aromatic carbocycles. The van der Waals surface area contributed by atoms with Gasteiger partial charge < -0.3 is 0 Å². The van der Waals surface area contributed by atoms with Crippen LogP contribution >= 0.6 is 15.9 Å². The summed E-state index contributed by atoms with van der Waals surface area (Å²) >= 11 is 3.17. The Morgan fingerprint density at radius 3 is 1.82 bits per heavy atom. The lowest BCUT2D eigenvalue weighted by Gasteiger charge is -2.21. The molecule has 0 saturated heterocycles. The zero-order valence-electron chi connectivity index (χ0n) is 6.63. The van der Waals surface area contributed by atoms with E-state index in [1.165, 1.54) is 0 Å². The van der Waals surface area contributed by atoms with E-state index in [1.807, 2.05) is 13.8 Å². The van der Waals surface area contributed by atoms with Gasteiger partial charge in [0.25, 0.3) is 0 Å². The maximum atomic E-state index is 11.7. The van der Waals surface area contributed by atoms with E-state index in [1.54, 1.807) is 0 Å². The van der Waals surface area contributed by atoms with E-state index in [9.17, 15) is 13.2 Å². The zero-order valence-corrected chi connectivity index (χ0v) is 8.22. The molecule has 11 heavy (non-hydrogen) atoms. The molecule has 0 aliphatic rings. The van der Waals surface area contributed by atoms with Crippen molar-refractivity contribution in [3.8, 4) is 0 Å². The second kappa shape index (κ2) is 3.78. The number of alkyl halides is 4. The third-order valence-electron chi connectivity index (χ3n) is 1.45. The third-order valence-corrected chi connectivity index (χ3v) is 2.96. The molecule has 0 aliphatic carbocycles. The molecular weight excluding hydrogens is 221 g/mol. The molecule has 0 unspecified atom stereocenters. The second-order valence-electron chi connectivity index (χ2n) is 3.41. The van der Waals surface area contributed by atoms with Gasteiger partial charge in [-0.1, -0.05) is 29.8 Å². The summed E-state index contributed by atoms with van der Waals surface area (Å²) in [6, 6.07) is 0. The minimum absolute atomic E-state index is 0.182. The van der Waals surface area contributed by atoms with Crippen LogP contribution in [0, 0.1) is 5.41 Å². The van der Waals surface area contributed by atoms with E-state index >= 15 is 0 Å². The van der Waals surface area contributed by atoms with Gasteiger partial charge in [0.2, 0.25) is 0 Å². The summed E-state index contributed by atoms with van der Waals surface area (Å²) in [5, 5.41) is 0.607. The molecule has 68 valence electrons. The van der Waals surface area contributed by atoms with Crippen LogP contribution in [0.15, 0.2) is 0 Å². The molecule has 0 nitrogen and oxygen atoms in total. The normalized spacial score (nSPS) is 13.6. The molecular formula is C7H12BrF3. The molecule has 0 atom stereocenters. The Hall–Kier alpha value is 0.270.